The van der Waals surface area contributed by atoms with Gasteiger partial charge >= 0.3 is 0 Å². The van der Waals surface area contributed by atoms with Crippen LogP contribution in [0.25, 0.3) is 33.3 Å². The number of H-pyrrole nitrogens is 1. The van der Waals surface area contributed by atoms with Gasteiger partial charge in [-0.25, -0.2) is 15.0 Å². The lowest BCUT2D eigenvalue weighted by atomic mass is 10.0. The van der Waals surface area contributed by atoms with Crippen LogP contribution in [0.5, 0.6) is 0 Å². The Hall–Kier alpha value is -3.22. The van der Waals surface area contributed by atoms with Crippen molar-refractivity contribution >= 4 is 28.0 Å². The second-order valence-corrected chi connectivity index (χ2v) is 8.04. The first-order chi connectivity index (χ1) is 13.6. The third-order valence-corrected chi connectivity index (χ3v) is 6.27. The number of hydrogen-bond acceptors (Lipinski definition) is 4. The highest BCUT2D eigenvalue weighted by Gasteiger charge is 2.51. The van der Waals surface area contributed by atoms with Crippen LogP contribution in [0.1, 0.15) is 31.2 Å². The van der Waals surface area contributed by atoms with E-state index in [1.165, 1.54) is 0 Å². The van der Waals surface area contributed by atoms with Crippen molar-refractivity contribution in [2.45, 2.75) is 38.8 Å². The minimum Gasteiger partial charge on any atom is -0.339 e. The number of aromatic nitrogens is 5. The zero-order valence-corrected chi connectivity index (χ0v) is 15.9. The largest absolute Gasteiger partial charge is 0.339 e. The number of rotatable bonds is 1. The van der Waals surface area contributed by atoms with E-state index < -0.39 is 0 Å². The quantitative estimate of drug-likeness (QED) is 0.557. The summed E-state index contributed by atoms with van der Waals surface area (Å²) in [5, 5.41) is 2.14. The molecule has 1 amide bonds. The molecule has 7 heteroatoms. The molecule has 4 aromatic heterocycles. The number of carbonyl (C=O) groups is 1. The molecule has 28 heavy (non-hydrogen) atoms. The predicted octanol–water partition coefficient (Wildman–Crippen LogP) is 3.13. The molecule has 140 valence electrons. The molecule has 0 saturated heterocycles. The highest BCUT2D eigenvalue weighted by atomic mass is 16.2. The van der Waals surface area contributed by atoms with E-state index in [1.54, 1.807) is 19.4 Å². The fourth-order valence-corrected chi connectivity index (χ4v) is 4.76. The zero-order chi connectivity index (χ0) is 19.0. The molecule has 5 heterocycles. The minimum atomic E-state index is -0.0270. The number of nitrogens with one attached hydrogen (secondary N) is 1. The highest BCUT2D eigenvalue weighted by molar-refractivity contribution is 6.00. The molecule has 0 atom stereocenters. The second kappa shape index (κ2) is 5.19. The summed E-state index contributed by atoms with van der Waals surface area (Å²) in [4.78, 5) is 31.3. The van der Waals surface area contributed by atoms with Crippen LogP contribution in [0.4, 0.5) is 0 Å². The van der Waals surface area contributed by atoms with Gasteiger partial charge in [-0.15, -0.1) is 0 Å². The highest BCUT2D eigenvalue weighted by Crippen LogP contribution is 2.52. The van der Waals surface area contributed by atoms with Crippen molar-refractivity contribution in [3.8, 4) is 11.3 Å². The Labute approximate surface area is 161 Å². The Bertz CT molecular complexity index is 1250. The van der Waals surface area contributed by atoms with Crippen LogP contribution in [0.3, 0.4) is 0 Å². The van der Waals surface area contributed by atoms with Gasteiger partial charge in [0, 0.05) is 41.7 Å². The number of amides is 1. The van der Waals surface area contributed by atoms with Crippen LogP contribution in [0.15, 0.2) is 30.7 Å². The summed E-state index contributed by atoms with van der Waals surface area (Å²) in [7, 11) is 0. The monoisotopic (exact) mass is 372 g/mol. The van der Waals surface area contributed by atoms with E-state index in [2.05, 4.69) is 36.6 Å². The van der Waals surface area contributed by atoms with E-state index in [1.807, 2.05) is 17.9 Å². The topological polar surface area (TPSA) is 79.7 Å². The average Bonchev–Trinajstić information content (AvgIpc) is 3.16. The van der Waals surface area contributed by atoms with E-state index >= 15 is 0 Å². The molecule has 0 radical (unpaired) electrons. The Morgan fingerprint density at radius 2 is 2.11 bits per heavy atom. The van der Waals surface area contributed by atoms with Crippen molar-refractivity contribution in [1.29, 1.82) is 0 Å². The van der Waals surface area contributed by atoms with Gasteiger partial charge in [-0.05, 0) is 38.0 Å². The van der Waals surface area contributed by atoms with Crippen molar-refractivity contribution in [3.63, 3.8) is 0 Å². The molecule has 4 aromatic rings. The Kier molecular flexibility index (Phi) is 2.93. The van der Waals surface area contributed by atoms with E-state index in [4.69, 9.17) is 0 Å². The first-order valence-corrected chi connectivity index (χ1v) is 9.62. The van der Waals surface area contributed by atoms with Gasteiger partial charge in [0.15, 0.2) is 0 Å². The predicted molar refractivity (Wildman–Crippen MR) is 106 cm³/mol. The lowest BCUT2D eigenvalue weighted by Gasteiger charge is -2.35. The summed E-state index contributed by atoms with van der Waals surface area (Å²) in [5.74, 6) is 0.120. The fourth-order valence-electron chi connectivity index (χ4n) is 4.76. The third-order valence-electron chi connectivity index (χ3n) is 6.27. The first-order valence-electron chi connectivity index (χ1n) is 9.62. The SMILES string of the molecule is CC(=O)N1Cc2c(-c3cc4cccnc4[nH]3)c3c(C)ncnc3n2C2(CC2)C1. The lowest BCUT2D eigenvalue weighted by molar-refractivity contribution is -0.131. The standard InChI is InChI=1S/C21H20N6O/c1-12-17-18(15-8-14-4-3-7-22-19(14)25-15)16-9-26(13(2)28)10-21(5-6-21)27(16)20(17)24-11-23-12/h3-4,7-8,11H,5-6,9-10H2,1-2H3,(H,22,25). The van der Waals surface area contributed by atoms with Crippen LogP contribution >= 0.6 is 0 Å². The van der Waals surface area contributed by atoms with Crippen LogP contribution < -0.4 is 0 Å². The van der Waals surface area contributed by atoms with Gasteiger partial charge in [0.1, 0.15) is 17.6 Å². The number of pyridine rings is 1. The number of nitrogens with zero attached hydrogens (tertiary/aromatic N) is 5. The minimum absolute atomic E-state index is 0.0270. The first kappa shape index (κ1) is 15.8. The van der Waals surface area contributed by atoms with Gasteiger partial charge in [0.05, 0.1) is 23.5 Å². The maximum absolute atomic E-state index is 12.3. The molecule has 1 aliphatic carbocycles. The van der Waals surface area contributed by atoms with E-state index in [0.717, 1.165) is 64.1 Å². The molecule has 2 aliphatic rings. The summed E-state index contributed by atoms with van der Waals surface area (Å²) in [6.45, 7) is 5.04. The normalized spacial score (nSPS) is 17.4. The van der Waals surface area contributed by atoms with Crippen molar-refractivity contribution in [2.75, 3.05) is 6.54 Å². The summed E-state index contributed by atoms with van der Waals surface area (Å²) < 4.78 is 2.39. The van der Waals surface area contributed by atoms with E-state index in [0.29, 0.717) is 6.54 Å². The molecule has 6 rings (SSSR count). The van der Waals surface area contributed by atoms with Crippen molar-refractivity contribution in [2.24, 2.45) is 0 Å². The van der Waals surface area contributed by atoms with Crippen molar-refractivity contribution < 1.29 is 4.79 Å². The fraction of sp³-hybridized carbons (Fsp3) is 0.333. The van der Waals surface area contributed by atoms with Gasteiger partial charge in [-0.2, -0.15) is 0 Å². The molecular weight excluding hydrogens is 352 g/mol. The molecule has 1 spiro atoms. The molecule has 7 nitrogen and oxygen atoms in total. The molecule has 1 fully saturated rings. The van der Waals surface area contributed by atoms with E-state index in [9.17, 15) is 4.79 Å². The Morgan fingerprint density at radius 3 is 2.86 bits per heavy atom. The number of fused-ring (bicyclic) bond motifs is 5. The summed E-state index contributed by atoms with van der Waals surface area (Å²) in [6, 6.07) is 6.13. The molecule has 1 aliphatic heterocycles. The second-order valence-electron chi connectivity index (χ2n) is 8.04. The van der Waals surface area contributed by atoms with Crippen LogP contribution in [0.2, 0.25) is 0 Å². The number of aryl methyl sites for hydroxylation is 1. The van der Waals surface area contributed by atoms with Gasteiger partial charge in [0.2, 0.25) is 5.91 Å². The summed E-state index contributed by atoms with van der Waals surface area (Å²) in [6.07, 6.45) is 5.59. The Balaban J connectivity index is 1.71. The summed E-state index contributed by atoms with van der Waals surface area (Å²) in [5.41, 5.74) is 6.02. The van der Waals surface area contributed by atoms with Gasteiger partial charge in [-0.3, -0.25) is 4.79 Å². The molecular formula is C21H20N6O. The summed E-state index contributed by atoms with van der Waals surface area (Å²) >= 11 is 0. The van der Waals surface area contributed by atoms with Gasteiger partial charge in [-0.1, -0.05) is 0 Å². The number of hydrogen-bond donors (Lipinski definition) is 1. The van der Waals surface area contributed by atoms with Crippen molar-refractivity contribution in [1.82, 2.24) is 29.4 Å². The number of carbonyl (C=O) groups excluding carboxylic acids is 1. The maximum atomic E-state index is 12.3. The molecule has 1 N–H and O–H groups in total. The average molecular weight is 372 g/mol. The van der Waals surface area contributed by atoms with E-state index in [-0.39, 0.29) is 11.4 Å². The van der Waals surface area contributed by atoms with Gasteiger partial charge in [0.25, 0.3) is 0 Å². The molecule has 0 unspecified atom stereocenters. The zero-order valence-electron chi connectivity index (χ0n) is 15.9. The van der Waals surface area contributed by atoms with Crippen molar-refractivity contribution in [3.05, 3.63) is 42.1 Å². The number of aromatic amines is 1. The molecule has 0 aromatic carbocycles. The molecule has 0 bridgehead atoms. The lowest BCUT2D eigenvalue weighted by Crippen LogP contribution is -2.44. The smallest absolute Gasteiger partial charge is 0.219 e. The Morgan fingerprint density at radius 1 is 1.25 bits per heavy atom. The van der Waals surface area contributed by atoms with Gasteiger partial charge < -0.3 is 14.5 Å². The van der Waals surface area contributed by atoms with Crippen LogP contribution in [-0.2, 0) is 16.9 Å². The van der Waals surface area contributed by atoms with Crippen LogP contribution in [-0.4, -0.2) is 41.9 Å². The molecule has 1 saturated carbocycles. The van der Waals surface area contributed by atoms with Crippen LogP contribution in [0, 0.1) is 6.92 Å². The third kappa shape index (κ3) is 1.99. The maximum Gasteiger partial charge on any atom is 0.219 e.